The molecule has 2 N–H and O–H groups in total. The van der Waals surface area contributed by atoms with Crippen LogP contribution >= 0.6 is 22.9 Å². The van der Waals surface area contributed by atoms with Gasteiger partial charge in [-0.2, -0.15) is 0 Å². The largest absolute Gasteiger partial charge is 0.494 e. The minimum absolute atomic E-state index is 0.563. The molecule has 20 heavy (non-hydrogen) atoms. The highest BCUT2D eigenvalue weighted by atomic mass is 35.5. The van der Waals surface area contributed by atoms with Crippen LogP contribution in [-0.2, 0) is 0 Å². The third-order valence-electron chi connectivity index (χ3n) is 2.91. The summed E-state index contributed by atoms with van der Waals surface area (Å²) in [6.07, 6.45) is 0. The van der Waals surface area contributed by atoms with E-state index < -0.39 is 0 Å². The average molecular weight is 305 g/mol. The van der Waals surface area contributed by atoms with E-state index in [0.29, 0.717) is 17.3 Å². The number of fused-ring (bicyclic) bond motifs is 1. The molecule has 0 atom stereocenters. The molecule has 5 heteroatoms. The second kappa shape index (κ2) is 5.31. The van der Waals surface area contributed by atoms with Crippen LogP contribution in [0.25, 0.3) is 20.8 Å². The minimum atomic E-state index is 0.563. The Kier molecular flexibility index (Phi) is 3.51. The van der Waals surface area contributed by atoms with Crippen molar-refractivity contribution in [3.8, 4) is 16.3 Å². The Labute approximate surface area is 126 Å². The number of nitrogen functional groups attached to an aromatic ring is 1. The first-order valence-electron chi connectivity index (χ1n) is 6.26. The number of halogens is 1. The fraction of sp³-hybridized carbons (Fsp3) is 0.133. The molecule has 0 aliphatic carbocycles. The molecule has 2 aromatic carbocycles. The van der Waals surface area contributed by atoms with Gasteiger partial charge in [0.15, 0.2) is 0 Å². The summed E-state index contributed by atoms with van der Waals surface area (Å²) in [5.74, 6) is 0.867. The van der Waals surface area contributed by atoms with E-state index in [-0.39, 0.29) is 0 Å². The highest BCUT2D eigenvalue weighted by molar-refractivity contribution is 7.21. The number of anilines is 1. The highest BCUT2D eigenvalue weighted by Crippen LogP contribution is 2.34. The number of nitrogens with zero attached hydrogens (tertiary/aromatic N) is 1. The molecule has 102 valence electrons. The van der Waals surface area contributed by atoms with E-state index in [1.165, 1.54) is 0 Å². The first-order valence-corrected chi connectivity index (χ1v) is 7.45. The topological polar surface area (TPSA) is 48.1 Å². The molecule has 3 aromatic rings. The van der Waals surface area contributed by atoms with E-state index in [0.717, 1.165) is 26.5 Å². The lowest BCUT2D eigenvalue weighted by molar-refractivity contribution is 0.341. The van der Waals surface area contributed by atoms with Gasteiger partial charge in [-0.25, -0.2) is 4.98 Å². The molecule has 0 saturated heterocycles. The first-order chi connectivity index (χ1) is 9.67. The molecule has 0 bridgehead atoms. The van der Waals surface area contributed by atoms with Gasteiger partial charge in [0.25, 0.3) is 0 Å². The Bertz CT molecular complexity index is 770. The smallest absolute Gasteiger partial charge is 0.124 e. The second-order valence-corrected chi connectivity index (χ2v) is 5.76. The van der Waals surface area contributed by atoms with Gasteiger partial charge in [-0.15, -0.1) is 11.3 Å². The predicted octanol–water partition coefficient (Wildman–Crippen LogP) is 4.60. The summed E-state index contributed by atoms with van der Waals surface area (Å²) in [4.78, 5) is 4.62. The quantitative estimate of drug-likeness (QED) is 0.719. The molecule has 3 rings (SSSR count). The van der Waals surface area contributed by atoms with Gasteiger partial charge in [-0.05, 0) is 37.3 Å². The fourth-order valence-electron chi connectivity index (χ4n) is 1.96. The number of thiazole rings is 1. The van der Waals surface area contributed by atoms with Crippen LogP contribution in [0.5, 0.6) is 5.75 Å². The molecule has 1 aromatic heterocycles. The van der Waals surface area contributed by atoms with Gasteiger partial charge in [0.1, 0.15) is 10.8 Å². The average Bonchev–Trinajstić information content (AvgIpc) is 2.85. The first kappa shape index (κ1) is 13.2. The molecule has 0 fully saturated rings. The van der Waals surface area contributed by atoms with Crippen molar-refractivity contribution in [2.45, 2.75) is 6.92 Å². The highest BCUT2D eigenvalue weighted by Gasteiger charge is 2.08. The van der Waals surface area contributed by atoms with Gasteiger partial charge >= 0.3 is 0 Å². The Hall–Kier alpha value is -1.78. The van der Waals surface area contributed by atoms with Crippen molar-refractivity contribution in [2.24, 2.45) is 0 Å². The Balaban J connectivity index is 2.05. The molecule has 0 aliphatic rings. The molecule has 0 spiro atoms. The van der Waals surface area contributed by atoms with E-state index >= 15 is 0 Å². The third kappa shape index (κ3) is 2.44. The molecule has 0 unspecified atom stereocenters. The standard InChI is InChI=1S/C15H13ClN2OS/c1-2-19-10-4-6-13-14(8-10)20-15(18-13)9-3-5-11(16)12(17)7-9/h3-8H,2,17H2,1H3. The molecule has 0 saturated carbocycles. The summed E-state index contributed by atoms with van der Waals surface area (Å²) in [5.41, 5.74) is 8.35. The number of hydrogen-bond donors (Lipinski definition) is 1. The number of rotatable bonds is 3. The van der Waals surface area contributed by atoms with Crippen LogP contribution < -0.4 is 10.5 Å². The van der Waals surface area contributed by atoms with Crippen LogP contribution in [0.4, 0.5) is 5.69 Å². The van der Waals surface area contributed by atoms with Gasteiger partial charge in [-0.1, -0.05) is 17.7 Å². The van der Waals surface area contributed by atoms with Crippen LogP contribution in [-0.4, -0.2) is 11.6 Å². The lowest BCUT2D eigenvalue weighted by Gasteiger charge is -2.00. The predicted molar refractivity (Wildman–Crippen MR) is 85.6 cm³/mol. The van der Waals surface area contributed by atoms with Gasteiger partial charge in [-0.3, -0.25) is 0 Å². The van der Waals surface area contributed by atoms with E-state index in [4.69, 9.17) is 22.1 Å². The zero-order valence-corrected chi connectivity index (χ0v) is 12.5. The summed E-state index contributed by atoms with van der Waals surface area (Å²) in [7, 11) is 0. The Morgan fingerprint density at radius 1 is 1.25 bits per heavy atom. The van der Waals surface area contributed by atoms with Crippen LogP contribution in [0, 0.1) is 0 Å². The van der Waals surface area contributed by atoms with Crippen molar-refractivity contribution < 1.29 is 4.74 Å². The molecule has 0 aliphatic heterocycles. The maximum Gasteiger partial charge on any atom is 0.124 e. The molecular formula is C15H13ClN2OS. The maximum absolute atomic E-state index is 5.94. The summed E-state index contributed by atoms with van der Waals surface area (Å²) in [6, 6.07) is 11.5. The maximum atomic E-state index is 5.94. The monoisotopic (exact) mass is 304 g/mol. The summed E-state index contributed by atoms with van der Waals surface area (Å²) in [6.45, 7) is 2.63. The Morgan fingerprint density at radius 3 is 2.85 bits per heavy atom. The van der Waals surface area contributed by atoms with Gasteiger partial charge in [0.05, 0.1) is 27.5 Å². The third-order valence-corrected chi connectivity index (χ3v) is 4.33. The molecular weight excluding hydrogens is 292 g/mol. The zero-order valence-electron chi connectivity index (χ0n) is 10.9. The van der Waals surface area contributed by atoms with Gasteiger partial charge in [0, 0.05) is 5.56 Å². The molecule has 3 nitrogen and oxygen atoms in total. The number of aromatic nitrogens is 1. The number of hydrogen-bond acceptors (Lipinski definition) is 4. The van der Waals surface area contributed by atoms with Crippen LogP contribution in [0.1, 0.15) is 6.92 Å². The normalized spacial score (nSPS) is 10.9. The van der Waals surface area contributed by atoms with Crippen LogP contribution in [0.3, 0.4) is 0 Å². The van der Waals surface area contributed by atoms with E-state index in [1.54, 1.807) is 17.4 Å². The summed E-state index contributed by atoms with van der Waals surface area (Å²) in [5, 5.41) is 1.49. The summed E-state index contributed by atoms with van der Waals surface area (Å²) >= 11 is 7.56. The lowest BCUT2D eigenvalue weighted by atomic mass is 10.2. The van der Waals surface area contributed by atoms with Crippen molar-refractivity contribution in [2.75, 3.05) is 12.3 Å². The molecule has 0 radical (unpaired) electrons. The van der Waals surface area contributed by atoms with Crippen LogP contribution in [0.2, 0.25) is 5.02 Å². The number of nitrogens with two attached hydrogens (primary N) is 1. The SMILES string of the molecule is CCOc1ccc2nc(-c3ccc(Cl)c(N)c3)sc2c1. The summed E-state index contributed by atoms with van der Waals surface area (Å²) < 4.78 is 6.60. The van der Waals surface area contributed by atoms with Crippen molar-refractivity contribution >= 4 is 38.8 Å². The molecule has 0 amide bonds. The lowest BCUT2D eigenvalue weighted by Crippen LogP contribution is -1.89. The van der Waals surface area contributed by atoms with E-state index in [2.05, 4.69) is 4.98 Å². The number of benzene rings is 2. The van der Waals surface area contributed by atoms with Gasteiger partial charge in [0.2, 0.25) is 0 Å². The van der Waals surface area contributed by atoms with Crippen LogP contribution in [0.15, 0.2) is 36.4 Å². The van der Waals surface area contributed by atoms with Gasteiger partial charge < -0.3 is 10.5 Å². The van der Waals surface area contributed by atoms with Crippen molar-refractivity contribution in [3.05, 3.63) is 41.4 Å². The van der Waals surface area contributed by atoms with Crippen molar-refractivity contribution in [1.82, 2.24) is 4.98 Å². The number of ether oxygens (including phenoxy) is 1. The van der Waals surface area contributed by atoms with Crippen molar-refractivity contribution in [3.63, 3.8) is 0 Å². The second-order valence-electron chi connectivity index (χ2n) is 4.32. The van der Waals surface area contributed by atoms with E-state index in [9.17, 15) is 0 Å². The van der Waals surface area contributed by atoms with Crippen molar-refractivity contribution in [1.29, 1.82) is 0 Å². The Morgan fingerprint density at radius 2 is 2.10 bits per heavy atom. The van der Waals surface area contributed by atoms with E-state index in [1.807, 2.05) is 37.3 Å². The fourth-order valence-corrected chi connectivity index (χ4v) is 3.07. The molecule has 1 heterocycles. The zero-order chi connectivity index (χ0) is 14.1. The minimum Gasteiger partial charge on any atom is -0.494 e.